The van der Waals surface area contributed by atoms with E-state index in [2.05, 4.69) is 5.32 Å². The normalized spacial score (nSPS) is 31.7. The van der Waals surface area contributed by atoms with Gasteiger partial charge in [-0.15, -0.1) is 0 Å². The van der Waals surface area contributed by atoms with Crippen LogP contribution in [0.4, 0.5) is 4.39 Å². The Balaban J connectivity index is 1.56. The fraction of sp³-hybridized carbons (Fsp3) is 0.571. The summed E-state index contributed by atoms with van der Waals surface area (Å²) >= 11 is 0. The second kappa shape index (κ2) is 4.75. The summed E-state index contributed by atoms with van der Waals surface area (Å²) in [5.41, 5.74) is 0.665. The molecule has 3 rings (SSSR count). The number of benzene rings is 1. The Morgan fingerprint density at radius 3 is 2.59 bits per heavy atom. The van der Waals surface area contributed by atoms with Gasteiger partial charge in [-0.25, -0.2) is 4.39 Å². The molecule has 2 fully saturated rings. The molecule has 2 bridgehead atoms. The van der Waals surface area contributed by atoms with Gasteiger partial charge in [-0.05, 0) is 31.7 Å². The topological polar surface area (TPSA) is 21.3 Å². The summed E-state index contributed by atoms with van der Waals surface area (Å²) in [7, 11) is 0. The number of rotatable bonds is 3. The highest BCUT2D eigenvalue weighted by atomic mass is 19.1. The first-order valence-corrected chi connectivity index (χ1v) is 6.42. The van der Waals surface area contributed by atoms with Gasteiger partial charge in [0.15, 0.2) is 0 Å². The van der Waals surface area contributed by atoms with Gasteiger partial charge >= 0.3 is 0 Å². The maximum atomic E-state index is 13.4. The second-order valence-electron chi connectivity index (χ2n) is 5.13. The number of nitrogens with one attached hydrogen (secondary N) is 1. The van der Waals surface area contributed by atoms with Gasteiger partial charge in [0.05, 0.1) is 12.7 Å². The summed E-state index contributed by atoms with van der Waals surface area (Å²) in [4.78, 5) is 0. The molecule has 0 radical (unpaired) electrons. The van der Waals surface area contributed by atoms with E-state index < -0.39 is 0 Å². The lowest BCUT2D eigenvalue weighted by atomic mass is 10.0. The zero-order valence-electron chi connectivity index (χ0n) is 9.86. The molecule has 1 aromatic carbocycles. The Labute approximate surface area is 101 Å². The van der Waals surface area contributed by atoms with E-state index in [0.29, 0.717) is 30.4 Å². The lowest BCUT2D eigenvalue weighted by Crippen LogP contribution is -2.41. The van der Waals surface area contributed by atoms with Crippen molar-refractivity contribution in [1.82, 2.24) is 5.32 Å². The minimum atomic E-state index is -0.163. The molecular weight excluding hydrogens is 217 g/mol. The largest absolute Gasteiger partial charge is 0.373 e. The highest BCUT2D eigenvalue weighted by Crippen LogP contribution is 2.29. The molecule has 3 atom stereocenters. The maximum absolute atomic E-state index is 13.4. The first-order valence-electron chi connectivity index (χ1n) is 6.42. The fourth-order valence-electron chi connectivity index (χ4n) is 2.96. The smallest absolute Gasteiger partial charge is 0.128 e. The van der Waals surface area contributed by atoms with Crippen molar-refractivity contribution in [3.63, 3.8) is 0 Å². The third-order valence-corrected chi connectivity index (χ3v) is 3.86. The van der Waals surface area contributed by atoms with Crippen molar-refractivity contribution in [3.8, 4) is 0 Å². The zero-order valence-corrected chi connectivity index (χ0v) is 9.86. The minimum Gasteiger partial charge on any atom is -0.373 e. The highest BCUT2D eigenvalue weighted by molar-refractivity contribution is 5.16. The molecule has 0 saturated carbocycles. The molecule has 2 nitrogen and oxygen atoms in total. The number of hydrogen-bond acceptors (Lipinski definition) is 2. The number of ether oxygens (including phenoxy) is 1. The van der Waals surface area contributed by atoms with E-state index in [9.17, 15) is 4.39 Å². The first kappa shape index (κ1) is 11.2. The quantitative estimate of drug-likeness (QED) is 0.869. The summed E-state index contributed by atoms with van der Waals surface area (Å²) in [5.74, 6) is -0.163. The molecular formula is C14H18FNO. The molecule has 1 aromatic rings. The Kier molecular flexibility index (Phi) is 3.12. The molecule has 0 aromatic heterocycles. The third kappa shape index (κ3) is 2.50. The number of fused-ring (bicyclic) bond motifs is 2. The Morgan fingerprint density at radius 2 is 1.88 bits per heavy atom. The van der Waals surface area contributed by atoms with Crippen LogP contribution in [-0.4, -0.2) is 18.2 Å². The van der Waals surface area contributed by atoms with Crippen LogP contribution in [-0.2, 0) is 11.3 Å². The molecule has 2 aliphatic rings. The molecule has 2 saturated heterocycles. The SMILES string of the molecule is Fc1ccccc1CO[C@H]1C[C@H]2CC[C@@H](C1)N2. The van der Waals surface area contributed by atoms with Gasteiger partial charge in [-0.3, -0.25) is 0 Å². The predicted molar refractivity (Wildman–Crippen MR) is 64.2 cm³/mol. The van der Waals surface area contributed by atoms with Gasteiger partial charge < -0.3 is 10.1 Å². The van der Waals surface area contributed by atoms with E-state index in [1.54, 1.807) is 12.1 Å². The van der Waals surface area contributed by atoms with Crippen molar-refractivity contribution in [2.24, 2.45) is 0 Å². The van der Waals surface area contributed by atoms with Crippen LogP contribution < -0.4 is 5.32 Å². The second-order valence-corrected chi connectivity index (χ2v) is 5.13. The molecule has 2 heterocycles. The number of hydrogen-bond donors (Lipinski definition) is 1. The lowest BCUT2D eigenvalue weighted by Gasteiger charge is -2.29. The summed E-state index contributed by atoms with van der Waals surface area (Å²) in [6.45, 7) is 0.400. The van der Waals surface area contributed by atoms with Gasteiger partial charge in [-0.1, -0.05) is 18.2 Å². The molecule has 1 N–H and O–H groups in total. The maximum Gasteiger partial charge on any atom is 0.128 e. The van der Waals surface area contributed by atoms with Crippen LogP contribution >= 0.6 is 0 Å². The van der Waals surface area contributed by atoms with Crippen molar-refractivity contribution in [2.45, 2.75) is 50.5 Å². The number of piperidine rings is 1. The average molecular weight is 235 g/mol. The molecule has 0 aliphatic carbocycles. The van der Waals surface area contributed by atoms with Gasteiger partial charge in [-0.2, -0.15) is 0 Å². The molecule has 3 heteroatoms. The molecule has 0 spiro atoms. The van der Waals surface area contributed by atoms with E-state index in [-0.39, 0.29) is 5.82 Å². The standard InChI is InChI=1S/C14H18FNO/c15-14-4-2-1-3-10(14)9-17-13-7-11-5-6-12(8-13)16-11/h1-4,11-13,16H,5-9H2/t11-,12+,13+. The van der Waals surface area contributed by atoms with E-state index in [1.165, 1.54) is 18.9 Å². The minimum absolute atomic E-state index is 0.163. The summed E-state index contributed by atoms with van der Waals surface area (Å²) < 4.78 is 19.3. The Morgan fingerprint density at radius 1 is 1.18 bits per heavy atom. The molecule has 0 unspecified atom stereocenters. The van der Waals surface area contributed by atoms with Crippen LogP contribution in [0.2, 0.25) is 0 Å². The van der Waals surface area contributed by atoms with Crippen molar-refractivity contribution >= 4 is 0 Å². The van der Waals surface area contributed by atoms with Crippen molar-refractivity contribution in [3.05, 3.63) is 35.6 Å². The van der Waals surface area contributed by atoms with Crippen LogP contribution in [0.15, 0.2) is 24.3 Å². The van der Waals surface area contributed by atoms with Crippen LogP contribution in [0.1, 0.15) is 31.2 Å². The first-order chi connectivity index (χ1) is 8.31. The highest BCUT2D eigenvalue weighted by Gasteiger charge is 2.33. The van der Waals surface area contributed by atoms with Gasteiger partial charge in [0, 0.05) is 17.6 Å². The summed E-state index contributed by atoms with van der Waals surface area (Å²) in [6, 6.07) is 8.10. The van der Waals surface area contributed by atoms with Crippen molar-refractivity contribution in [2.75, 3.05) is 0 Å². The predicted octanol–water partition coefficient (Wildman–Crippen LogP) is 2.63. The lowest BCUT2D eigenvalue weighted by molar-refractivity contribution is 0.00799. The Hall–Kier alpha value is -0.930. The monoisotopic (exact) mass is 235 g/mol. The van der Waals surface area contributed by atoms with Gasteiger partial charge in [0.25, 0.3) is 0 Å². The molecule has 92 valence electrons. The van der Waals surface area contributed by atoms with Crippen LogP contribution in [0, 0.1) is 5.82 Å². The van der Waals surface area contributed by atoms with Crippen molar-refractivity contribution < 1.29 is 9.13 Å². The van der Waals surface area contributed by atoms with Gasteiger partial charge in [0.2, 0.25) is 0 Å². The summed E-state index contributed by atoms with van der Waals surface area (Å²) in [6.07, 6.45) is 4.98. The van der Waals surface area contributed by atoms with E-state index >= 15 is 0 Å². The molecule has 2 aliphatic heterocycles. The van der Waals surface area contributed by atoms with E-state index in [0.717, 1.165) is 12.8 Å². The van der Waals surface area contributed by atoms with E-state index in [4.69, 9.17) is 4.74 Å². The zero-order chi connectivity index (χ0) is 11.7. The fourth-order valence-corrected chi connectivity index (χ4v) is 2.96. The average Bonchev–Trinajstić information content (AvgIpc) is 2.68. The van der Waals surface area contributed by atoms with Crippen LogP contribution in [0.3, 0.4) is 0 Å². The van der Waals surface area contributed by atoms with E-state index in [1.807, 2.05) is 6.07 Å². The Bertz CT molecular complexity index is 384. The van der Waals surface area contributed by atoms with Crippen LogP contribution in [0.25, 0.3) is 0 Å². The molecule has 0 amide bonds. The number of halogens is 1. The van der Waals surface area contributed by atoms with Crippen LogP contribution in [0.5, 0.6) is 0 Å². The third-order valence-electron chi connectivity index (χ3n) is 3.86. The summed E-state index contributed by atoms with van der Waals surface area (Å²) in [5, 5.41) is 3.58. The molecule has 17 heavy (non-hydrogen) atoms. The van der Waals surface area contributed by atoms with Crippen molar-refractivity contribution in [1.29, 1.82) is 0 Å². The van der Waals surface area contributed by atoms with Gasteiger partial charge in [0.1, 0.15) is 5.82 Å².